The van der Waals surface area contributed by atoms with Crippen molar-refractivity contribution >= 4 is 22.8 Å². The van der Waals surface area contributed by atoms with E-state index in [4.69, 9.17) is 4.74 Å². The summed E-state index contributed by atoms with van der Waals surface area (Å²) in [6, 6.07) is 15.0. The first-order chi connectivity index (χ1) is 13.1. The summed E-state index contributed by atoms with van der Waals surface area (Å²) in [4.78, 5) is 41.0. The SMILES string of the molecule is COC(=O)[C@H](NC(=O)CCn1cnc2ccccc2c1=O)c1ccccc1. The summed E-state index contributed by atoms with van der Waals surface area (Å²) >= 11 is 0. The van der Waals surface area contributed by atoms with E-state index in [-0.39, 0.29) is 24.4 Å². The van der Waals surface area contributed by atoms with Gasteiger partial charge in [0.05, 0.1) is 24.3 Å². The van der Waals surface area contributed by atoms with Gasteiger partial charge in [-0.1, -0.05) is 42.5 Å². The number of hydrogen-bond donors (Lipinski definition) is 1. The lowest BCUT2D eigenvalue weighted by Gasteiger charge is -2.17. The van der Waals surface area contributed by atoms with Gasteiger partial charge in [-0.3, -0.25) is 14.2 Å². The van der Waals surface area contributed by atoms with Crippen LogP contribution in [0, 0.1) is 0 Å². The normalized spacial score (nSPS) is 11.7. The number of methoxy groups -OCH3 is 1. The zero-order valence-corrected chi connectivity index (χ0v) is 14.8. The minimum absolute atomic E-state index is 0.0280. The molecule has 0 aliphatic heterocycles. The second-order valence-electron chi connectivity index (χ2n) is 5.94. The van der Waals surface area contributed by atoms with E-state index in [2.05, 4.69) is 10.3 Å². The maximum atomic E-state index is 12.5. The maximum Gasteiger partial charge on any atom is 0.333 e. The molecule has 0 aliphatic carbocycles. The van der Waals surface area contributed by atoms with Crippen molar-refractivity contribution in [2.24, 2.45) is 0 Å². The monoisotopic (exact) mass is 365 g/mol. The highest BCUT2D eigenvalue weighted by Gasteiger charge is 2.23. The van der Waals surface area contributed by atoms with Crippen LogP contribution in [0.4, 0.5) is 0 Å². The Kier molecular flexibility index (Phi) is 5.61. The van der Waals surface area contributed by atoms with Gasteiger partial charge in [0.15, 0.2) is 6.04 Å². The van der Waals surface area contributed by atoms with E-state index >= 15 is 0 Å². The second kappa shape index (κ2) is 8.27. The third-order valence-corrected chi connectivity index (χ3v) is 4.19. The van der Waals surface area contributed by atoms with Gasteiger partial charge in [0.2, 0.25) is 5.91 Å². The van der Waals surface area contributed by atoms with Gasteiger partial charge in [-0.05, 0) is 17.7 Å². The number of hydrogen-bond acceptors (Lipinski definition) is 5. The van der Waals surface area contributed by atoms with E-state index in [9.17, 15) is 14.4 Å². The molecule has 1 atom stereocenters. The van der Waals surface area contributed by atoms with E-state index in [0.717, 1.165) is 0 Å². The average Bonchev–Trinajstić information content (AvgIpc) is 2.72. The Morgan fingerprint density at radius 2 is 1.81 bits per heavy atom. The van der Waals surface area contributed by atoms with Crippen molar-refractivity contribution in [1.82, 2.24) is 14.9 Å². The van der Waals surface area contributed by atoms with Gasteiger partial charge in [0.25, 0.3) is 5.56 Å². The molecule has 0 fully saturated rings. The van der Waals surface area contributed by atoms with E-state index in [1.54, 1.807) is 42.5 Å². The van der Waals surface area contributed by atoms with Crippen molar-refractivity contribution in [3.05, 3.63) is 76.8 Å². The van der Waals surface area contributed by atoms with E-state index in [1.807, 2.05) is 12.1 Å². The zero-order valence-electron chi connectivity index (χ0n) is 14.8. The molecule has 2 aromatic carbocycles. The predicted molar refractivity (Wildman–Crippen MR) is 100.0 cm³/mol. The number of aryl methyl sites for hydroxylation is 1. The molecule has 0 unspecified atom stereocenters. The minimum Gasteiger partial charge on any atom is -0.467 e. The number of aromatic nitrogens is 2. The van der Waals surface area contributed by atoms with Crippen molar-refractivity contribution in [2.45, 2.75) is 19.0 Å². The molecule has 3 aromatic rings. The molecule has 7 nitrogen and oxygen atoms in total. The molecule has 0 spiro atoms. The number of para-hydroxylation sites is 1. The summed E-state index contributed by atoms with van der Waals surface area (Å²) in [7, 11) is 1.27. The van der Waals surface area contributed by atoms with Crippen molar-refractivity contribution in [3.8, 4) is 0 Å². The number of fused-ring (bicyclic) bond motifs is 1. The number of nitrogens with one attached hydrogen (secondary N) is 1. The van der Waals surface area contributed by atoms with Crippen LogP contribution in [0.5, 0.6) is 0 Å². The number of benzene rings is 2. The van der Waals surface area contributed by atoms with Crippen molar-refractivity contribution in [2.75, 3.05) is 7.11 Å². The molecule has 3 rings (SSSR count). The lowest BCUT2D eigenvalue weighted by Crippen LogP contribution is -2.35. The summed E-state index contributed by atoms with van der Waals surface area (Å²) in [6.45, 7) is 0.158. The summed E-state index contributed by atoms with van der Waals surface area (Å²) in [5, 5.41) is 3.16. The molecule has 0 bridgehead atoms. The second-order valence-corrected chi connectivity index (χ2v) is 5.94. The number of carbonyl (C=O) groups is 2. The molecule has 0 radical (unpaired) electrons. The molecule has 27 heavy (non-hydrogen) atoms. The summed E-state index contributed by atoms with van der Waals surface area (Å²) in [6.07, 6.45) is 1.45. The smallest absolute Gasteiger partial charge is 0.333 e. The Labute approximate surface area is 155 Å². The van der Waals surface area contributed by atoms with Crippen LogP contribution in [0.1, 0.15) is 18.0 Å². The lowest BCUT2D eigenvalue weighted by atomic mass is 10.1. The molecule has 1 N–H and O–H groups in total. The van der Waals surface area contributed by atoms with E-state index in [1.165, 1.54) is 18.0 Å². The molecule has 7 heteroatoms. The molecule has 1 heterocycles. The Morgan fingerprint density at radius 3 is 2.56 bits per heavy atom. The predicted octanol–water partition coefficient (Wildman–Crippen LogP) is 1.82. The molecular formula is C20H19N3O4. The third-order valence-electron chi connectivity index (χ3n) is 4.19. The Hall–Kier alpha value is -3.48. The molecular weight excluding hydrogens is 346 g/mol. The first-order valence-corrected chi connectivity index (χ1v) is 8.46. The largest absolute Gasteiger partial charge is 0.467 e. The number of nitrogens with zero attached hydrogens (tertiary/aromatic N) is 2. The number of amides is 1. The van der Waals surface area contributed by atoms with Crippen LogP contribution >= 0.6 is 0 Å². The number of esters is 1. The molecule has 0 saturated carbocycles. The Morgan fingerprint density at radius 1 is 1.11 bits per heavy atom. The molecule has 1 aromatic heterocycles. The Balaban J connectivity index is 1.71. The van der Waals surface area contributed by atoms with Crippen LogP contribution in [0.2, 0.25) is 0 Å². The van der Waals surface area contributed by atoms with Crippen molar-refractivity contribution < 1.29 is 14.3 Å². The molecule has 138 valence electrons. The number of rotatable bonds is 6. The highest BCUT2D eigenvalue weighted by molar-refractivity contribution is 5.85. The van der Waals surface area contributed by atoms with E-state index < -0.39 is 12.0 Å². The van der Waals surface area contributed by atoms with Crippen LogP contribution < -0.4 is 10.9 Å². The first kappa shape index (κ1) is 18.3. The van der Waals surface area contributed by atoms with Gasteiger partial charge in [-0.2, -0.15) is 0 Å². The van der Waals surface area contributed by atoms with Crippen LogP contribution in [0.3, 0.4) is 0 Å². The van der Waals surface area contributed by atoms with Crippen molar-refractivity contribution in [1.29, 1.82) is 0 Å². The van der Waals surface area contributed by atoms with Gasteiger partial charge in [0, 0.05) is 13.0 Å². The van der Waals surface area contributed by atoms with Gasteiger partial charge >= 0.3 is 5.97 Å². The van der Waals surface area contributed by atoms with Crippen LogP contribution in [-0.4, -0.2) is 28.5 Å². The first-order valence-electron chi connectivity index (χ1n) is 8.46. The van der Waals surface area contributed by atoms with Gasteiger partial charge in [-0.15, -0.1) is 0 Å². The van der Waals surface area contributed by atoms with E-state index in [0.29, 0.717) is 16.5 Å². The average molecular weight is 365 g/mol. The van der Waals surface area contributed by atoms with Gasteiger partial charge < -0.3 is 10.1 Å². The van der Waals surface area contributed by atoms with Gasteiger partial charge in [0.1, 0.15) is 0 Å². The van der Waals surface area contributed by atoms with Gasteiger partial charge in [-0.25, -0.2) is 9.78 Å². The fraction of sp³-hybridized carbons (Fsp3) is 0.200. The summed E-state index contributed by atoms with van der Waals surface area (Å²) in [5.74, 6) is -0.923. The summed E-state index contributed by atoms with van der Waals surface area (Å²) < 4.78 is 6.17. The highest BCUT2D eigenvalue weighted by Crippen LogP contribution is 2.14. The fourth-order valence-electron chi connectivity index (χ4n) is 2.76. The topological polar surface area (TPSA) is 90.3 Å². The maximum absolute atomic E-state index is 12.5. The quantitative estimate of drug-likeness (QED) is 0.673. The fourth-order valence-corrected chi connectivity index (χ4v) is 2.76. The van der Waals surface area contributed by atoms with Crippen LogP contribution in [0.15, 0.2) is 65.7 Å². The Bertz CT molecular complexity index is 1010. The van der Waals surface area contributed by atoms with Crippen LogP contribution in [0.25, 0.3) is 10.9 Å². The van der Waals surface area contributed by atoms with Crippen molar-refractivity contribution in [3.63, 3.8) is 0 Å². The zero-order chi connectivity index (χ0) is 19.2. The molecule has 0 saturated heterocycles. The minimum atomic E-state index is -0.893. The standard InChI is InChI=1S/C20H19N3O4/c1-27-20(26)18(14-7-3-2-4-8-14)22-17(24)11-12-23-13-21-16-10-6-5-9-15(16)19(23)25/h2-10,13,18H,11-12H2,1H3,(H,22,24)/t18-/m1/s1. The van der Waals surface area contributed by atoms with Crippen LogP contribution in [-0.2, 0) is 20.9 Å². The summed E-state index contributed by atoms with van der Waals surface area (Å²) in [5.41, 5.74) is 1.03. The third kappa shape index (κ3) is 4.20. The highest BCUT2D eigenvalue weighted by atomic mass is 16.5. The lowest BCUT2D eigenvalue weighted by molar-refractivity contribution is -0.145. The molecule has 1 amide bonds. The molecule has 0 aliphatic rings. The number of carbonyl (C=O) groups excluding carboxylic acids is 2. The number of ether oxygens (including phenoxy) is 1.